The largest absolute Gasteiger partial charge is 0.369 e. The van der Waals surface area contributed by atoms with Gasteiger partial charge in [0.05, 0.1) is 6.42 Å². The first kappa shape index (κ1) is 10.6. The monoisotopic (exact) mass is 212 g/mol. The molecule has 1 heterocycles. The number of nitrogens with two attached hydrogens (primary N) is 1. The molecule has 5 nitrogen and oxygen atoms in total. The molecule has 1 aromatic rings. The fraction of sp³-hybridized carbons (Fsp3) is 0.375. The van der Waals surface area contributed by atoms with Crippen LogP contribution in [0.2, 0.25) is 0 Å². The number of primary amides is 1. The van der Waals surface area contributed by atoms with E-state index in [2.05, 4.69) is 10.3 Å². The summed E-state index contributed by atoms with van der Waals surface area (Å²) in [5.74, 6) is -0.353. The highest BCUT2D eigenvalue weighted by molar-refractivity contribution is 7.10. The minimum Gasteiger partial charge on any atom is -0.369 e. The van der Waals surface area contributed by atoms with Crippen LogP contribution < -0.4 is 5.73 Å². The Hall–Kier alpha value is -1.43. The number of amides is 1. The van der Waals surface area contributed by atoms with Crippen molar-refractivity contribution in [3.63, 3.8) is 0 Å². The Morgan fingerprint density at radius 1 is 1.64 bits per heavy atom. The van der Waals surface area contributed by atoms with Gasteiger partial charge in [-0.3, -0.25) is 9.80 Å². The number of thiophene rings is 1. The van der Waals surface area contributed by atoms with Gasteiger partial charge >= 0.3 is 0 Å². The van der Waals surface area contributed by atoms with E-state index in [1.54, 1.807) is 19.1 Å². The number of rotatable bonds is 4. The molecule has 0 radical (unpaired) electrons. The van der Waals surface area contributed by atoms with Gasteiger partial charge in [-0.1, -0.05) is 5.22 Å². The molecular weight excluding hydrogens is 200 g/mol. The van der Waals surface area contributed by atoms with Crippen molar-refractivity contribution in [1.82, 2.24) is 5.01 Å². The highest BCUT2D eigenvalue weighted by Crippen LogP contribution is 2.25. The number of carbonyl (C=O) groups is 1. The third-order valence-electron chi connectivity index (χ3n) is 1.39. The molecule has 1 amide bonds. The molecule has 0 aromatic carbocycles. The normalized spacial score (nSPS) is 10.7. The van der Waals surface area contributed by atoms with Gasteiger partial charge in [-0.2, -0.15) is 0 Å². The molecule has 0 atom stereocenters. The van der Waals surface area contributed by atoms with E-state index >= 15 is 0 Å². The molecular formula is C8H12N4OS. The number of carbonyl (C=O) groups excluding carboxylic acids is 1. The van der Waals surface area contributed by atoms with Crippen LogP contribution in [0.4, 0.5) is 5.69 Å². The van der Waals surface area contributed by atoms with Gasteiger partial charge < -0.3 is 5.73 Å². The van der Waals surface area contributed by atoms with Crippen LogP contribution in [0.1, 0.15) is 4.88 Å². The molecule has 76 valence electrons. The highest BCUT2D eigenvalue weighted by Gasteiger charge is 2.06. The summed E-state index contributed by atoms with van der Waals surface area (Å²) in [7, 11) is 3.56. The second-order valence-corrected chi connectivity index (χ2v) is 3.91. The van der Waals surface area contributed by atoms with Crippen molar-refractivity contribution in [3.05, 3.63) is 16.3 Å². The van der Waals surface area contributed by atoms with Crippen molar-refractivity contribution < 1.29 is 4.79 Å². The molecule has 6 heteroatoms. The summed E-state index contributed by atoms with van der Waals surface area (Å²) in [6, 6.07) is 1.82. The van der Waals surface area contributed by atoms with Gasteiger partial charge in [0.15, 0.2) is 0 Å². The summed E-state index contributed by atoms with van der Waals surface area (Å²) in [6.45, 7) is 0. The first-order valence-corrected chi connectivity index (χ1v) is 4.91. The van der Waals surface area contributed by atoms with Crippen molar-refractivity contribution >= 4 is 22.9 Å². The first-order chi connectivity index (χ1) is 6.59. The van der Waals surface area contributed by atoms with Crippen LogP contribution in [-0.4, -0.2) is 25.0 Å². The van der Waals surface area contributed by atoms with E-state index in [9.17, 15) is 4.79 Å². The number of nitrogens with zero attached hydrogens (tertiary/aromatic N) is 3. The minimum atomic E-state index is -0.353. The fourth-order valence-corrected chi connectivity index (χ4v) is 1.67. The van der Waals surface area contributed by atoms with Crippen molar-refractivity contribution in [3.8, 4) is 0 Å². The van der Waals surface area contributed by atoms with Crippen LogP contribution >= 0.6 is 11.3 Å². The summed E-state index contributed by atoms with van der Waals surface area (Å²) in [6.07, 6.45) is 0.222. The predicted octanol–water partition coefficient (Wildman–Crippen LogP) is 1.34. The van der Waals surface area contributed by atoms with Crippen LogP contribution in [0.3, 0.4) is 0 Å². The number of hydrogen-bond donors (Lipinski definition) is 1. The van der Waals surface area contributed by atoms with Crippen molar-refractivity contribution in [1.29, 1.82) is 0 Å². The molecule has 14 heavy (non-hydrogen) atoms. The van der Waals surface area contributed by atoms with E-state index in [1.807, 2.05) is 11.4 Å². The van der Waals surface area contributed by atoms with Crippen LogP contribution in [-0.2, 0) is 11.2 Å². The van der Waals surface area contributed by atoms with Gasteiger partial charge in [0.1, 0.15) is 5.69 Å². The molecule has 0 spiro atoms. The van der Waals surface area contributed by atoms with Crippen LogP contribution in [0.15, 0.2) is 21.8 Å². The SMILES string of the molecule is CN(C)N=Nc1ccsc1CC(N)=O. The quantitative estimate of drug-likeness (QED) is 0.604. The van der Waals surface area contributed by atoms with E-state index in [0.717, 1.165) is 4.88 Å². The summed E-state index contributed by atoms with van der Waals surface area (Å²) in [4.78, 5) is 11.6. The Kier molecular flexibility index (Phi) is 3.58. The Balaban J connectivity index is 2.77. The Morgan fingerprint density at radius 3 is 2.93 bits per heavy atom. The zero-order chi connectivity index (χ0) is 10.6. The van der Waals surface area contributed by atoms with Crippen LogP contribution in [0.5, 0.6) is 0 Å². The second kappa shape index (κ2) is 4.71. The Labute approximate surface area is 86.2 Å². The van der Waals surface area contributed by atoms with Gasteiger partial charge in [0, 0.05) is 19.0 Å². The fourth-order valence-electron chi connectivity index (χ4n) is 0.851. The molecule has 1 rings (SSSR count). The topological polar surface area (TPSA) is 71.1 Å². The Bertz CT molecular complexity index is 345. The van der Waals surface area contributed by atoms with Gasteiger partial charge in [0.25, 0.3) is 0 Å². The second-order valence-electron chi connectivity index (χ2n) is 2.91. The van der Waals surface area contributed by atoms with E-state index < -0.39 is 0 Å². The minimum absolute atomic E-state index is 0.222. The summed E-state index contributed by atoms with van der Waals surface area (Å²) < 4.78 is 0. The van der Waals surface area contributed by atoms with Crippen LogP contribution in [0, 0.1) is 0 Å². The Morgan fingerprint density at radius 2 is 2.36 bits per heavy atom. The molecule has 0 unspecified atom stereocenters. The van der Waals surface area contributed by atoms with Crippen molar-refractivity contribution in [2.24, 2.45) is 16.1 Å². The molecule has 0 saturated carbocycles. The highest BCUT2D eigenvalue weighted by atomic mass is 32.1. The van der Waals surface area contributed by atoms with Gasteiger partial charge in [-0.15, -0.1) is 16.5 Å². The van der Waals surface area contributed by atoms with Crippen molar-refractivity contribution in [2.45, 2.75) is 6.42 Å². The molecule has 0 bridgehead atoms. The molecule has 0 aliphatic carbocycles. The maximum absolute atomic E-state index is 10.7. The summed E-state index contributed by atoms with van der Waals surface area (Å²) in [5, 5.41) is 11.3. The maximum atomic E-state index is 10.7. The molecule has 1 aromatic heterocycles. The lowest BCUT2D eigenvalue weighted by Gasteiger charge is -2.00. The zero-order valence-corrected chi connectivity index (χ0v) is 8.91. The maximum Gasteiger partial charge on any atom is 0.222 e. The summed E-state index contributed by atoms with van der Waals surface area (Å²) in [5.41, 5.74) is 5.80. The average molecular weight is 212 g/mol. The lowest BCUT2D eigenvalue weighted by molar-refractivity contribution is -0.117. The van der Waals surface area contributed by atoms with Gasteiger partial charge in [-0.25, -0.2) is 0 Å². The molecule has 2 N–H and O–H groups in total. The predicted molar refractivity (Wildman–Crippen MR) is 55.4 cm³/mol. The van der Waals surface area contributed by atoms with Crippen LogP contribution in [0.25, 0.3) is 0 Å². The van der Waals surface area contributed by atoms with Crippen molar-refractivity contribution in [2.75, 3.05) is 14.1 Å². The molecule has 0 saturated heterocycles. The van der Waals surface area contributed by atoms with E-state index in [0.29, 0.717) is 5.69 Å². The zero-order valence-electron chi connectivity index (χ0n) is 8.10. The van der Waals surface area contributed by atoms with E-state index in [-0.39, 0.29) is 12.3 Å². The lowest BCUT2D eigenvalue weighted by Crippen LogP contribution is -2.12. The standard InChI is InChI=1S/C8H12N4OS/c1-12(2)11-10-6-3-4-14-7(6)5-8(9)13/h3-4H,5H2,1-2H3,(H2,9,13). The average Bonchev–Trinajstić information content (AvgIpc) is 2.47. The third kappa shape index (κ3) is 3.14. The molecule has 0 fully saturated rings. The molecule has 0 aliphatic heterocycles. The van der Waals surface area contributed by atoms with E-state index in [4.69, 9.17) is 5.73 Å². The van der Waals surface area contributed by atoms with Gasteiger partial charge in [-0.05, 0) is 11.4 Å². The third-order valence-corrected chi connectivity index (χ3v) is 2.30. The smallest absolute Gasteiger partial charge is 0.222 e. The first-order valence-electron chi connectivity index (χ1n) is 4.03. The van der Waals surface area contributed by atoms with Gasteiger partial charge in [0.2, 0.25) is 5.91 Å². The number of hydrogen-bond acceptors (Lipinski definition) is 4. The summed E-state index contributed by atoms with van der Waals surface area (Å²) >= 11 is 1.46. The lowest BCUT2D eigenvalue weighted by atomic mass is 10.3. The van der Waals surface area contributed by atoms with E-state index in [1.165, 1.54) is 11.3 Å². The molecule has 0 aliphatic rings.